The molecule has 2 rings (SSSR count). The van der Waals surface area contributed by atoms with Gasteiger partial charge >= 0.3 is 0 Å². The van der Waals surface area contributed by atoms with Gasteiger partial charge in [0.15, 0.2) is 0 Å². The van der Waals surface area contributed by atoms with E-state index in [1.807, 2.05) is 0 Å². The Labute approximate surface area is 85.3 Å². The van der Waals surface area contributed by atoms with Gasteiger partial charge in [0.05, 0.1) is 0 Å². The van der Waals surface area contributed by atoms with Crippen LogP contribution < -0.4 is 0 Å². The lowest BCUT2D eigenvalue weighted by Crippen LogP contribution is -2.10. The maximum absolute atomic E-state index is 4.18. The fourth-order valence-electron chi connectivity index (χ4n) is 2.25. The van der Waals surface area contributed by atoms with Gasteiger partial charge in [0.1, 0.15) is 11.6 Å². The quantitative estimate of drug-likeness (QED) is 0.801. The molecule has 0 atom stereocenters. The molecule has 0 radical (unpaired) electrons. The van der Waals surface area contributed by atoms with Gasteiger partial charge in [-0.1, -0.05) is 39.0 Å². The van der Waals surface area contributed by atoms with E-state index in [0.717, 1.165) is 30.4 Å². The summed E-state index contributed by atoms with van der Waals surface area (Å²) in [6.45, 7) is 2.10. The van der Waals surface area contributed by atoms with Crippen molar-refractivity contribution < 1.29 is 0 Å². The van der Waals surface area contributed by atoms with Crippen LogP contribution in [0.15, 0.2) is 0 Å². The molecule has 1 aliphatic carbocycles. The van der Waals surface area contributed by atoms with Crippen LogP contribution in [0.4, 0.5) is 0 Å². The first-order valence-corrected chi connectivity index (χ1v) is 5.79. The Bertz CT molecular complexity index is 274. The molecule has 0 unspecified atom stereocenters. The highest BCUT2D eigenvalue weighted by Crippen LogP contribution is 2.25. The van der Waals surface area contributed by atoms with Crippen molar-refractivity contribution in [2.45, 2.75) is 51.9 Å². The van der Waals surface area contributed by atoms with Gasteiger partial charge in [-0.25, -0.2) is 0 Å². The second kappa shape index (κ2) is 4.58. The second-order valence-electron chi connectivity index (χ2n) is 4.28. The highest BCUT2D eigenvalue weighted by atomic mass is 15.2. The summed E-state index contributed by atoms with van der Waals surface area (Å²) in [5.74, 6) is 2.96. The first-order chi connectivity index (χ1) is 6.88. The predicted octanol–water partition coefficient (Wildman–Crippen LogP) is 2.49. The molecule has 0 amide bonds. The number of hydrogen-bond donors (Lipinski definition) is 1. The van der Waals surface area contributed by atoms with Crippen molar-refractivity contribution in [3.05, 3.63) is 11.6 Å². The molecule has 0 aromatic carbocycles. The summed E-state index contributed by atoms with van der Waals surface area (Å²) >= 11 is 0. The number of H-pyrrole nitrogens is 1. The zero-order valence-corrected chi connectivity index (χ0v) is 8.92. The van der Waals surface area contributed by atoms with Crippen molar-refractivity contribution in [1.82, 2.24) is 15.2 Å². The van der Waals surface area contributed by atoms with Crippen LogP contribution in [0.1, 0.15) is 50.7 Å². The molecule has 1 aliphatic rings. The summed E-state index contributed by atoms with van der Waals surface area (Å²) in [5, 5.41) is 8.27. The second-order valence-corrected chi connectivity index (χ2v) is 4.28. The average molecular weight is 193 g/mol. The van der Waals surface area contributed by atoms with E-state index in [4.69, 9.17) is 0 Å². The van der Waals surface area contributed by atoms with E-state index in [-0.39, 0.29) is 0 Å². The predicted molar refractivity (Wildman–Crippen MR) is 56.0 cm³/mol. The number of aromatic nitrogens is 3. The van der Waals surface area contributed by atoms with E-state index in [0.29, 0.717) is 0 Å². The van der Waals surface area contributed by atoms with Crippen molar-refractivity contribution >= 4 is 0 Å². The summed E-state index contributed by atoms with van der Waals surface area (Å²) in [6.07, 6.45) is 9.04. The molecule has 0 aliphatic heterocycles. The molecular formula is C11H19N3. The molecule has 1 saturated carbocycles. The van der Waals surface area contributed by atoms with E-state index in [1.165, 1.54) is 32.1 Å². The van der Waals surface area contributed by atoms with Crippen molar-refractivity contribution in [3.8, 4) is 0 Å². The molecular weight excluding hydrogens is 174 g/mol. The van der Waals surface area contributed by atoms with Crippen LogP contribution in [-0.2, 0) is 12.8 Å². The fraction of sp³-hybridized carbons (Fsp3) is 0.818. The van der Waals surface area contributed by atoms with Gasteiger partial charge in [0.2, 0.25) is 0 Å². The van der Waals surface area contributed by atoms with Crippen LogP contribution in [0, 0.1) is 5.92 Å². The number of hydrogen-bond acceptors (Lipinski definition) is 2. The van der Waals surface area contributed by atoms with Gasteiger partial charge in [-0.15, -0.1) is 10.2 Å². The maximum atomic E-state index is 4.18. The molecule has 1 aromatic heterocycles. The Morgan fingerprint density at radius 2 is 1.86 bits per heavy atom. The topological polar surface area (TPSA) is 41.6 Å². The molecule has 0 saturated heterocycles. The van der Waals surface area contributed by atoms with Crippen LogP contribution in [-0.4, -0.2) is 15.2 Å². The van der Waals surface area contributed by atoms with Gasteiger partial charge in [-0.05, 0) is 5.92 Å². The minimum atomic E-state index is 0.849. The lowest BCUT2D eigenvalue weighted by molar-refractivity contribution is 0.352. The van der Waals surface area contributed by atoms with E-state index in [9.17, 15) is 0 Å². The Kier molecular flexibility index (Phi) is 3.17. The lowest BCUT2D eigenvalue weighted by atomic mass is 9.87. The number of nitrogens with one attached hydrogen (secondary N) is 1. The molecule has 3 nitrogen and oxygen atoms in total. The number of aryl methyl sites for hydroxylation is 1. The Morgan fingerprint density at radius 1 is 1.14 bits per heavy atom. The number of nitrogens with zero attached hydrogens (tertiary/aromatic N) is 2. The Hall–Kier alpha value is -0.860. The van der Waals surface area contributed by atoms with Crippen LogP contribution in [0.5, 0.6) is 0 Å². The molecule has 1 heterocycles. The van der Waals surface area contributed by atoms with Gasteiger partial charge in [0, 0.05) is 12.8 Å². The van der Waals surface area contributed by atoms with Crippen LogP contribution >= 0.6 is 0 Å². The van der Waals surface area contributed by atoms with Gasteiger partial charge in [0.25, 0.3) is 0 Å². The maximum Gasteiger partial charge on any atom is 0.130 e. The largest absolute Gasteiger partial charge is 0.329 e. The van der Waals surface area contributed by atoms with Gasteiger partial charge in [-0.2, -0.15) is 0 Å². The third kappa shape index (κ3) is 2.34. The lowest BCUT2D eigenvalue weighted by Gasteiger charge is -2.19. The molecule has 1 fully saturated rings. The summed E-state index contributed by atoms with van der Waals surface area (Å²) in [5.41, 5.74) is 0. The monoisotopic (exact) mass is 193 g/mol. The molecule has 3 heteroatoms. The Morgan fingerprint density at radius 3 is 2.50 bits per heavy atom. The molecule has 1 N–H and O–H groups in total. The number of rotatable bonds is 3. The van der Waals surface area contributed by atoms with E-state index in [2.05, 4.69) is 22.1 Å². The molecule has 14 heavy (non-hydrogen) atoms. The van der Waals surface area contributed by atoms with Crippen LogP contribution in [0.25, 0.3) is 0 Å². The molecule has 0 bridgehead atoms. The zero-order valence-electron chi connectivity index (χ0n) is 8.92. The van der Waals surface area contributed by atoms with E-state index in [1.54, 1.807) is 0 Å². The summed E-state index contributed by atoms with van der Waals surface area (Å²) < 4.78 is 0. The van der Waals surface area contributed by atoms with Crippen LogP contribution in [0.3, 0.4) is 0 Å². The van der Waals surface area contributed by atoms with Crippen molar-refractivity contribution in [1.29, 1.82) is 0 Å². The normalized spacial score (nSPS) is 18.6. The third-order valence-corrected chi connectivity index (χ3v) is 3.12. The molecule has 1 aromatic rings. The van der Waals surface area contributed by atoms with E-state index >= 15 is 0 Å². The number of aromatic amines is 1. The van der Waals surface area contributed by atoms with Crippen molar-refractivity contribution in [2.24, 2.45) is 5.92 Å². The SMILES string of the molecule is CCc1nnc(CC2CCCCC2)[nH]1. The molecule has 0 spiro atoms. The average Bonchev–Trinajstić information content (AvgIpc) is 2.67. The smallest absolute Gasteiger partial charge is 0.130 e. The summed E-state index contributed by atoms with van der Waals surface area (Å²) in [4.78, 5) is 3.29. The third-order valence-electron chi connectivity index (χ3n) is 3.12. The first-order valence-electron chi connectivity index (χ1n) is 5.79. The summed E-state index contributed by atoms with van der Waals surface area (Å²) in [6, 6.07) is 0. The first kappa shape index (κ1) is 9.69. The van der Waals surface area contributed by atoms with Gasteiger partial charge < -0.3 is 4.98 Å². The van der Waals surface area contributed by atoms with Crippen LogP contribution in [0.2, 0.25) is 0 Å². The van der Waals surface area contributed by atoms with Crippen molar-refractivity contribution in [2.75, 3.05) is 0 Å². The minimum Gasteiger partial charge on any atom is -0.329 e. The highest BCUT2D eigenvalue weighted by Gasteiger charge is 2.15. The standard InChI is InChI=1S/C11H19N3/c1-2-10-12-11(14-13-10)8-9-6-4-3-5-7-9/h9H,2-8H2,1H3,(H,12,13,14). The Balaban J connectivity index is 1.89. The minimum absolute atomic E-state index is 0.849. The fourth-order valence-corrected chi connectivity index (χ4v) is 2.25. The zero-order chi connectivity index (χ0) is 9.80. The molecule has 78 valence electrons. The van der Waals surface area contributed by atoms with Gasteiger partial charge in [-0.3, -0.25) is 0 Å². The van der Waals surface area contributed by atoms with Crippen molar-refractivity contribution in [3.63, 3.8) is 0 Å². The highest BCUT2D eigenvalue weighted by molar-refractivity contribution is 4.91. The summed E-state index contributed by atoms with van der Waals surface area (Å²) in [7, 11) is 0. The van der Waals surface area contributed by atoms with E-state index < -0.39 is 0 Å².